The minimum Gasteiger partial charge on any atom is -0.748 e. The van der Waals surface area contributed by atoms with Crippen molar-refractivity contribution >= 4 is 20.2 Å². The number of rotatable bonds is 6. The molecule has 0 rings (SSSR count). The maximum absolute atomic E-state index is 9.83. The van der Waals surface area contributed by atoms with E-state index in [4.69, 9.17) is 0 Å². The Morgan fingerprint density at radius 3 is 1.00 bits per heavy atom. The quantitative estimate of drug-likeness (QED) is 0.357. The van der Waals surface area contributed by atoms with Gasteiger partial charge in [-0.15, -0.1) is 0 Å². The van der Waals surface area contributed by atoms with E-state index in [1.165, 1.54) is 0 Å². The maximum Gasteiger partial charge on any atom is 1.00 e. The Morgan fingerprint density at radius 2 is 0.944 bits per heavy atom. The van der Waals surface area contributed by atoms with Crippen LogP contribution in [0.3, 0.4) is 0 Å². The molecule has 0 aromatic rings. The van der Waals surface area contributed by atoms with E-state index in [9.17, 15) is 25.9 Å². The zero-order valence-corrected chi connectivity index (χ0v) is 17.1. The second-order valence-corrected chi connectivity index (χ2v) is 6.28. The van der Waals surface area contributed by atoms with Gasteiger partial charge in [0.15, 0.2) is 0 Å². The van der Waals surface area contributed by atoms with E-state index in [-0.39, 0.29) is 70.6 Å². The Bertz CT molecular complexity index is 316. The van der Waals surface area contributed by atoms with Gasteiger partial charge in [0.1, 0.15) is 0 Å². The first-order chi connectivity index (χ1) is 7.12. The van der Waals surface area contributed by atoms with Crippen LogP contribution in [-0.2, 0) is 20.2 Å². The van der Waals surface area contributed by atoms with E-state index in [0.717, 1.165) is 12.8 Å². The summed E-state index contributed by atoms with van der Waals surface area (Å²) in [5.41, 5.74) is 0. The van der Waals surface area contributed by atoms with Crippen LogP contribution < -0.4 is 59.1 Å². The Morgan fingerprint density at radius 1 is 0.722 bits per heavy atom. The fraction of sp³-hybridized carbons (Fsp3) is 1.00. The summed E-state index contributed by atoms with van der Waals surface area (Å²) in [5.74, 6) is -0.438. The largest absolute Gasteiger partial charge is 1.00 e. The van der Waals surface area contributed by atoms with Crippen molar-refractivity contribution in [3.05, 3.63) is 0 Å². The normalized spacial score (nSPS) is 10.4. The Labute approximate surface area is 154 Å². The molecule has 100 valence electrons. The van der Waals surface area contributed by atoms with Crippen molar-refractivity contribution in [1.82, 2.24) is 0 Å². The van der Waals surface area contributed by atoms with Crippen molar-refractivity contribution < 1.29 is 85.1 Å². The summed E-state index contributed by atoms with van der Waals surface area (Å²) in [6, 6.07) is 0. The molecule has 0 heterocycles. The number of hydrogen-bond acceptors (Lipinski definition) is 6. The second kappa shape index (κ2) is 15.2. The summed E-state index contributed by atoms with van der Waals surface area (Å²) in [7, 11) is -7.87. The van der Waals surface area contributed by atoms with Gasteiger partial charge >= 0.3 is 59.1 Å². The van der Waals surface area contributed by atoms with Crippen molar-refractivity contribution in [2.45, 2.75) is 39.5 Å². The zero-order valence-electron chi connectivity index (χ0n) is 11.5. The van der Waals surface area contributed by atoms with Crippen molar-refractivity contribution in [2.75, 3.05) is 11.5 Å². The third-order valence-electron chi connectivity index (χ3n) is 1.50. The van der Waals surface area contributed by atoms with Gasteiger partial charge in [-0.3, -0.25) is 0 Å². The molecule has 0 saturated heterocycles. The monoisotopic (exact) mass is 320 g/mol. The zero-order chi connectivity index (χ0) is 13.2. The van der Waals surface area contributed by atoms with Crippen LogP contribution in [-0.4, -0.2) is 37.4 Å². The molecule has 0 aliphatic rings. The van der Waals surface area contributed by atoms with E-state index in [0.29, 0.717) is 12.8 Å². The van der Waals surface area contributed by atoms with Gasteiger partial charge in [-0.25, -0.2) is 16.8 Å². The number of unbranched alkanes of at least 4 members (excludes halogenated alkanes) is 2. The van der Waals surface area contributed by atoms with Crippen molar-refractivity contribution in [2.24, 2.45) is 0 Å². The smallest absolute Gasteiger partial charge is 0.748 e. The van der Waals surface area contributed by atoms with Gasteiger partial charge in [0, 0.05) is 11.5 Å². The fourth-order valence-corrected chi connectivity index (χ4v) is 1.93. The standard InChI is InChI=1S/2C4H10O3S.2Na/c2*1-2-3-4-8(5,6)7;;/h2*2-4H2,1H3,(H,5,6,7);;/q;;2*+1/p-2. The molecule has 0 amide bonds. The molecule has 0 aromatic carbocycles. The maximum atomic E-state index is 9.83. The molecule has 0 bridgehead atoms. The molecule has 0 aromatic heterocycles. The van der Waals surface area contributed by atoms with Gasteiger partial charge in [0.2, 0.25) is 0 Å². The summed E-state index contributed by atoms with van der Waals surface area (Å²) in [4.78, 5) is 0. The summed E-state index contributed by atoms with van der Waals surface area (Å²) < 4.78 is 59.0. The third kappa shape index (κ3) is 36.1. The molecular formula is C8H18Na2O6S2. The van der Waals surface area contributed by atoms with Gasteiger partial charge < -0.3 is 9.11 Å². The van der Waals surface area contributed by atoms with Crippen LogP contribution in [0, 0.1) is 0 Å². The van der Waals surface area contributed by atoms with Crippen molar-refractivity contribution in [3.8, 4) is 0 Å². The van der Waals surface area contributed by atoms with Crippen LogP contribution in [0.2, 0.25) is 0 Å². The predicted octanol–water partition coefficient (Wildman–Crippen LogP) is -5.33. The average molecular weight is 320 g/mol. The van der Waals surface area contributed by atoms with Crippen LogP contribution in [0.1, 0.15) is 39.5 Å². The molecular weight excluding hydrogens is 302 g/mol. The first-order valence-corrected chi connectivity index (χ1v) is 8.15. The molecule has 0 saturated carbocycles. The molecule has 0 unspecified atom stereocenters. The molecule has 0 N–H and O–H groups in total. The molecule has 0 spiro atoms. The average Bonchev–Trinajstić information content (AvgIpc) is 2.10. The van der Waals surface area contributed by atoms with Gasteiger partial charge in [0.05, 0.1) is 20.2 Å². The molecule has 0 atom stereocenters. The Balaban J connectivity index is -0.0000000980. The topological polar surface area (TPSA) is 114 Å². The van der Waals surface area contributed by atoms with Crippen molar-refractivity contribution in [1.29, 1.82) is 0 Å². The van der Waals surface area contributed by atoms with Crippen LogP contribution >= 0.6 is 0 Å². The molecule has 0 aliphatic carbocycles. The summed E-state index contributed by atoms with van der Waals surface area (Å²) in [6.45, 7) is 3.68. The third-order valence-corrected chi connectivity index (χ3v) is 3.07. The fourth-order valence-electron chi connectivity index (χ4n) is 0.642. The minimum absolute atomic E-state index is 0. The SMILES string of the molecule is CCCCS(=O)(=O)[O-].CCCCS(=O)(=O)[O-].[Na+].[Na+]. The first-order valence-electron chi connectivity index (χ1n) is 4.99. The van der Waals surface area contributed by atoms with E-state index in [1.807, 2.05) is 13.8 Å². The summed E-state index contributed by atoms with van der Waals surface area (Å²) in [6.07, 6.45) is 2.46. The van der Waals surface area contributed by atoms with Gasteiger partial charge in [0.25, 0.3) is 0 Å². The second-order valence-electron chi connectivity index (χ2n) is 3.23. The van der Waals surface area contributed by atoms with E-state index < -0.39 is 20.2 Å². The Kier molecular flexibility index (Phi) is 23.7. The van der Waals surface area contributed by atoms with Crippen LogP contribution in [0.4, 0.5) is 0 Å². The molecule has 6 nitrogen and oxygen atoms in total. The van der Waals surface area contributed by atoms with Gasteiger partial charge in [-0.2, -0.15) is 0 Å². The van der Waals surface area contributed by atoms with E-state index >= 15 is 0 Å². The van der Waals surface area contributed by atoms with Gasteiger partial charge in [-0.05, 0) is 12.8 Å². The van der Waals surface area contributed by atoms with Crippen LogP contribution in [0.15, 0.2) is 0 Å². The number of hydrogen-bond donors (Lipinski definition) is 0. The van der Waals surface area contributed by atoms with Crippen LogP contribution in [0.5, 0.6) is 0 Å². The molecule has 0 radical (unpaired) electrons. The van der Waals surface area contributed by atoms with Crippen LogP contribution in [0.25, 0.3) is 0 Å². The summed E-state index contributed by atoms with van der Waals surface area (Å²) >= 11 is 0. The van der Waals surface area contributed by atoms with E-state index in [2.05, 4.69) is 0 Å². The summed E-state index contributed by atoms with van der Waals surface area (Å²) in [5, 5.41) is 0. The Hall–Kier alpha value is 1.82. The molecule has 10 heteroatoms. The van der Waals surface area contributed by atoms with Crippen molar-refractivity contribution in [3.63, 3.8) is 0 Å². The molecule has 0 fully saturated rings. The molecule has 18 heavy (non-hydrogen) atoms. The minimum atomic E-state index is -3.94. The predicted molar refractivity (Wildman–Crippen MR) is 58.9 cm³/mol. The molecule has 0 aliphatic heterocycles. The van der Waals surface area contributed by atoms with E-state index in [1.54, 1.807) is 0 Å². The first kappa shape index (κ1) is 28.0. The van der Waals surface area contributed by atoms with Gasteiger partial charge in [-0.1, -0.05) is 26.7 Å².